The van der Waals surface area contributed by atoms with Crippen molar-refractivity contribution in [1.82, 2.24) is 10.2 Å². The van der Waals surface area contributed by atoms with E-state index in [9.17, 15) is 14.4 Å². The number of nitrogens with zero attached hydrogens (tertiary/aromatic N) is 1. The second-order valence-electron chi connectivity index (χ2n) is 5.47. The molecule has 0 saturated heterocycles. The molecule has 0 atom stereocenters. The molecular formula is C13H24N2O4. The highest BCUT2D eigenvalue weighted by atomic mass is 16.4. The maximum atomic E-state index is 11.7. The average molecular weight is 272 g/mol. The van der Waals surface area contributed by atoms with E-state index in [0.29, 0.717) is 19.3 Å². The molecule has 0 rings (SSSR count). The number of carboxylic acids is 1. The summed E-state index contributed by atoms with van der Waals surface area (Å²) in [7, 11) is 3.36. The van der Waals surface area contributed by atoms with Crippen LogP contribution in [-0.4, -0.2) is 47.4 Å². The minimum absolute atomic E-state index is 0.00191. The molecule has 110 valence electrons. The first-order valence-electron chi connectivity index (χ1n) is 6.37. The molecule has 0 aromatic rings. The highest BCUT2D eigenvalue weighted by Gasteiger charge is 2.21. The van der Waals surface area contributed by atoms with E-state index in [4.69, 9.17) is 5.11 Å². The Morgan fingerprint density at radius 2 is 1.68 bits per heavy atom. The second kappa shape index (κ2) is 7.76. The first-order valence-corrected chi connectivity index (χ1v) is 6.37. The van der Waals surface area contributed by atoms with Crippen molar-refractivity contribution in [3.63, 3.8) is 0 Å². The molecule has 2 N–H and O–H groups in total. The van der Waals surface area contributed by atoms with Crippen molar-refractivity contribution < 1.29 is 19.5 Å². The normalized spacial score (nSPS) is 10.9. The van der Waals surface area contributed by atoms with E-state index in [-0.39, 0.29) is 24.7 Å². The summed E-state index contributed by atoms with van der Waals surface area (Å²) in [5, 5.41) is 11.4. The van der Waals surface area contributed by atoms with Crippen LogP contribution in [0.4, 0.5) is 0 Å². The summed E-state index contributed by atoms with van der Waals surface area (Å²) in [6.07, 6.45) is 1.51. The average Bonchev–Trinajstić information content (AvgIpc) is 2.25. The topological polar surface area (TPSA) is 86.7 Å². The zero-order chi connectivity index (χ0) is 15.1. The summed E-state index contributed by atoms with van der Waals surface area (Å²) in [6, 6.07) is 0. The van der Waals surface area contributed by atoms with E-state index in [2.05, 4.69) is 5.32 Å². The van der Waals surface area contributed by atoms with Gasteiger partial charge in [0, 0.05) is 38.9 Å². The van der Waals surface area contributed by atoms with Gasteiger partial charge in [-0.2, -0.15) is 0 Å². The van der Waals surface area contributed by atoms with Gasteiger partial charge >= 0.3 is 5.97 Å². The summed E-state index contributed by atoms with van der Waals surface area (Å²) in [6.45, 7) is 3.58. The number of carbonyl (C=O) groups excluding carboxylic acids is 2. The van der Waals surface area contributed by atoms with Gasteiger partial charge in [-0.25, -0.2) is 0 Å². The van der Waals surface area contributed by atoms with E-state index in [1.165, 1.54) is 4.90 Å². The Kier molecular flexibility index (Phi) is 7.11. The van der Waals surface area contributed by atoms with E-state index >= 15 is 0 Å². The molecule has 0 aromatic carbocycles. The van der Waals surface area contributed by atoms with Gasteiger partial charge < -0.3 is 15.3 Å². The minimum atomic E-state index is -0.876. The lowest BCUT2D eigenvalue weighted by Crippen LogP contribution is -2.43. The Bertz CT molecular complexity index is 338. The fourth-order valence-electron chi connectivity index (χ4n) is 1.55. The van der Waals surface area contributed by atoms with Crippen molar-refractivity contribution in [1.29, 1.82) is 0 Å². The molecule has 0 aliphatic rings. The first kappa shape index (κ1) is 17.4. The predicted molar refractivity (Wildman–Crippen MR) is 71.6 cm³/mol. The highest BCUT2D eigenvalue weighted by Crippen LogP contribution is 2.12. The van der Waals surface area contributed by atoms with Crippen LogP contribution in [0.5, 0.6) is 0 Å². The molecule has 0 aromatic heterocycles. The maximum absolute atomic E-state index is 11.7. The van der Waals surface area contributed by atoms with Crippen molar-refractivity contribution in [2.45, 2.75) is 51.5 Å². The van der Waals surface area contributed by atoms with Gasteiger partial charge in [-0.15, -0.1) is 0 Å². The van der Waals surface area contributed by atoms with Gasteiger partial charge in [0.25, 0.3) is 0 Å². The number of amides is 2. The summed E-state index contributed by atoms with van der Waals surface area (Å²) >= 11 is 0. The van der Waals surface area contributed by atoms with Crippen molar-refractivity contribution in [3.8, 4) is 0 Å². The summed E-state index contributed by atoms with van der Waals surface area (Å²) in [5.74, 6) is -1.03. The van der Waals surface area contributed by atoms with E-state index in [1.54, 1.807) is 27.9 Å². The van der Waals surface area contributed by atoms with Gasteiger partial charge in [-0.05, 0) is 26.7 Å². The van der Waals surface area contributed by atoms with Crippen LogP contribution < -0.4 is 5.32 Å². The molecule has 19 heavy (non-hydrogen) atoms. The van der Waals surface area contributed by atoms with Crippen LogP contribution in [0.3, 0.4) is 0 Å². The highest BCUT2D eigenvalue weighted by molar-refractivity contribution is 5.79. The lowest BCUT2D eigenvalue weighted by atomic mass is 9.98. The van der Waals surface area contributed by atoms with Crippen LogP contribution in [0.25, 0.3) is 0 Å². The van der Waals surface area contributed by atoms with Gasteiger partial charge in [0.2, 0.25) is 11.8 Å². The van der Waals surface area contributed by atoms with Gasteiger partial charge in [-0.1, -0.05) is 0 Å². The van der Waals surface area contributed by atoms with Crippen molar-refractivity contribution in [2.24, 2.45) is 0 Å². The number of hydrogen-bond acceptors (Lipinski definition) is 3. The molecule has 0 radical (unpaired) electrons. The number of nitrogens with one attached hydrogen (secondary N) is 1. The molecule has 6 nitrogen and oxygen atoms in total. The van der Waals surface area contributed by atoms with Crippen molar-refractivity contribution >= 4 is 17.8 Å². The first-order chi connectivity index (χ1) is 8.64. The van der Waals surface area contributed by atoms with Crippen LogP contribution >= 0.6 is 0 Å². The fraction of sp³-hybridized carbons (Fsp3) is 0.769. The zero-order valence-electron chi connectivity index (χ0n) is 12.2. The smallest absolute Gasteiger partial charge is 0.303 e. The van der Waals surface area contributed by atoms with Gasteiger partial charge in [-0.3, -0.25) is 14.4 Å². The molecule has 6 heteroatoms. The van der Waals surface area contributed by atoms with Crippen LogP contribution in [0.15, 0.2) is 0 Å². The predicted octanol–water partition coefficient (Wildman–Crippen LogP) is 1.00. The second-order valence-corrected chi connectivity index (χ2v) is 5.47. The van der Waals surface area contributed by atoms with Crippen LogP contribution in [0.2, 0.25) is 0 Å². The number of aliphatic carboxylic acids is 1. The van der Waals surface area contributed by atoms with E-state index in [0.717, 1.165) is 0 Å². The molecule has 0 fully saturated rings. The van der Waals surface area contributed by atoms with Gasteiger partial charge in [0.1, 0.15) is 0 Å². The number of carbonyl (C=O) groups is 3. The van der Waals surface area contributed by atoms with E-state index in [1.807, 2.05) is 0 Å². The summed E-state index contributed by atoms with van der Waals surface area (Å²) in [4.78, 5) is 35.0. The third kappa shape index (κ3) is 9.04. The number of carboxylic acid groups (broad SMARTS) is 1. The third-order valence-corrected chi connectivity index (χ3v) is 2.73. The Balaban J connectivity index is 3.96. The summed E-state index contributed by atoms with van der Waals surface area (Å²) in [5.41, 5.74) is -0.541. The third-order valence-electron chi connectivity index (χ3n) is 2.73. The largest absolute Gasteiger partial charge is 0.481 e. The molecule has 2 amide bonds. The molecule has 0 unspecified atom stereocenters. The number of hydrogen-bond donors (Lipinski definition) is 2. The molecule has 0 aliphatic heterocycles. The van der Waals surface area contributed by atoms with Crippen LogP contribution in [0, 0.1) is 0 Å². The monoisotopic (exact) mass is 272 g/mol. The fourth-order valence-corrected chi connectivity index (χ4v) is 1.55. The zero-order valence-corrected chi connectivity index (χ0v) is 12.2. The Labute approximate surface area is 114 Å². The minimum Gasteiger partial charge on any atom is -0.481 e. The molecular weight excluding hydrogens is 248 g/mol. The van der Waals surface area contributed by atoms with Gasteiger partial charge in [0.15, 0.2) is 0 Å². The SMILES string of the molecule is CN(C)C(=O)CCCC(=O)NC(C)(C)CCC(=O)O. The molecule has 0 heterocycles. The Morgan fingerprint density at radius 3 is 2.16 bits per heavy atom. The van der Waals surface area contributed by atoms with Crippen molar-refractivity contribution in [2.75, 3.05) is 14.1 Å². The van der Waals surface area contributed by atoms with Gasteiger partial charge in [0.05, 0.1) is 0 Å². The summed E-state index contributed by atoms with van der Waals surface area (Å²) < 4.78 is 0. The lowest BCUT2D eigenvalue weighted by Gasteiger charge is -2.25. The molecule has 0 saturated carbocycles. The molecule has 0 spiro atoms. The van der Waals surface area contributed by atoms with Crippen LogP contribution in [0.1, 0.15) is 46.0 Å². The van der Waals surface area contributed by atoms with E-state index < -0.39 is 11.5 Å². The Hall–Kier alpha value is -1.59. The number of rotatable bonds is 8. The molecule has 0 bridgehead atoms. The van der Waals surface area contributed by atoms with Crippen LogP contribution in [-0.2, 0) is 14.4 Å². The van der Waals surface area contributed by atoms with Crippen molar-refractivity contribution in [3.05, 3.63) is 0 Å². The maximum Gasteiger partial charge on any atom is 0.303 e. The standard InChI is InChI=1S/C13H24N2O4/c1-13(2,9-8-12(18)19)14-10(16)6-5-7-11(17)15(3)4/h5-9H2,1-4H3,(H,14,16)(H,18,19). The quantitative estimate of drug-likeness (QED) is 0.690. The lowest BCUT2D eigenvalue weighted by molar-refractivity contribution is -0.138. The molecule has 0 aliphatic carbocycles. The Morgan fingerprint density at radius 1 is 1.11 bits per heavy atom.